The summed E-state index contributed by atoms with van der Waals surface area (Å²) < 4.78 is 2.05. The van der Waals surface area contributed by atoms with Gasteiger partial charge in [-0.1, -0.05) is 11.8 Å². The zero-order valence-corrected chi connectivity index (χ0v) is 12.2. The van der Waals surface area contributed by atoms with Crippen molar-refractivity contribution in [3.05, 3.63) is 17.7 Å². The first-order valence-electron chi connectivity index (χ1n) is 6.49. The molecule has 1 aliphatic carbocycles. The molecular weight excluding hydrogens is 276 g/mol. The Labute approximate surface area is 120 Å². The largest absolute Gasteiger partial charge is 0.322 e. The number of aryl methyl sites for hydroxylation is 2. The number of thioether (sulfide) groups is 1. The van der Waals surface area contributed by atoms with E-state index in [2.05, 4.69) is 25.7 Å². The summed E-state index contributed by atoms with van der Waals surface area (Å²) in [6, 6.07) is 0.522. The fourth-order valence-electron chi connectivity index (χ4n) is 1.98. The van der Waals surface area contributed by atoms with Crippen molar-refractivity contribution >= 4 is 23.4 Å². The molecule has 0 radical (unpaired) electrons. The van der Waals surface area contributed by atoms with Gasteiger partial charge in [-0.25, -0.2) is 0 Å². The average Bonchev–Trinajstić information content (AvgIpc) is 3.10. The van der Waals surface area contributed by atoms with Crippen LogP contribution in [0.25, 0.3) is 0 Å². The summed E-state index contributed by atoms with van der Waals surface area (Å²) in [5, 5.41) is 18.6. The molecule has 0 spiro atoms. The maximum Gasteiger partial charge on any atom is 0.234 e. The molecule has 0 aliphatic heterocycles. The van der Waals surface area contributed by atoms with Crippen LogP contribution in [0, 0.1) is 13.8 Å². The van der Waals surface area contributed by atoms with Gasteiger partial charge < -0.3 is 9.88 Å². The number of anilines is 1. The van der Waals surface area contributed by atoms with Crippen molar-refractivity contribution in [2.24, 2.45) is 0 Å². The van der Waals surface area contributed by atoms with E-state index in [1.54, 1.807) is 6.33 Å². The summed E-state index contributed by atoms with van der Waals surface area (Å²) in [4.78, 5) is 12.0. The number of amides is 1. The van der Waals surface area contributed by atoms with Gasteiger partial charge >= 0.3 is 0 Å². The number of hydrogen-bond acceptors (Lipinski definition) is 5. The minimum absolute atomic E-state index is 0.0621. The van der Waals surface area contributed by atoms with Crippen LogP contribution >= 0.6 is 11.8 Å². The Balaban J connectivity index is 1.58. The molecule has 0 saturated heterocycles. The molecule has 106 valence electrons. The molecule has 0 unspecified atom stereocenters. The summed E-state index contributed by atoms with van der Waals surface area (Å²) in [6.45, 7) is 3.74. The Morgan fingerprint density at radius 2 is 2.35 bits per heavy atom. The van der Waals surface area contributed by atoms with Crippen LogP contribution in [0.15, 0.2) is 11.5 Å². The molecule has 1 amide bonds. The highest BCUT2D eigenvalue weighted by atomic mass is 32.2. The second-order valence-corrected chi connectivity index (χ2v) is 5.84. The molecule has 8 heteroatoms. The summed E-state index contributed by atoms with van der Waals surface area (Å²) in [7, 11) is 0. The molecule has 7 nitrogen and oxygen atoms in total. The fraction of sp³-hybridized carbons (Fsp3) is 0.500. The summed E-state index contributed by atoms with van der Waals surface area (Å²) in [6.07, 6.45) is 4.08. The monoisotopic (exact) mass is 292 g/mol. The van der Waals surface area contributed by atoms with E-state index in [1.165, 1.54) is 24.6 Å². The van der Waals surface area contributed by atoms with Crippen LogP contribution in [0.5, 0.6) is 0 Å². The Morgan fingerprint density at radius 1 is 1.55 bits per heavy atom. The van der Waals surface area contributed by atoms with E-state index in [-0.39, 0.29) is 5.91 Å². The normalized spacial score (nSPS) is 14.5. The molecule has 0 atom stereocenters. The van der Waals surface area contributed by atoms with Gasteiger partial charge in [0.25, 0.3) is 0 Å². The van der Waals surface area contributed by atoms with E-state index in [9.17, 15) is 4.79 Å². The van der Waals surface area contributed by atoms with Crippen LogP contribution in [-0.2, 0) is 4.79 Å². The maximum atomic E-state index is 12.0. The van der Waals surface area contributed by atoms with Crippen molar-refractivity contribution in [3.8, 4) is 0 Å². The number of carbonyl (C=O) groups excluding carboxylic acids is 1. The molecule has 0 bridgehead atoms. The van der Waals surface area contributed by atoms with Gasteiger partial charge in [0.2, 0.25) is 5.91 Å². The van der Waals surface area contributed by atoms with E-state index in [0.717, 1.165) is 22.2 Å². The molecule has 1 aliphatic rings. The number of H-pyrrole nitrogens is 1. The van der Waals surface area contributed by atoms with Gasteiger partial charge in [0, 0.05) is 6.04 Å². The lowest BCUT2D eigenvalue weighted by Gasteiger charge is -2.06. The molecule has 20 heavy (non-hydrogen) atoms. The smallest absolute Gasteiger partial charge is 0.234 e. The van der Waals surface area contributed by atoms with Crippen molar-refractivity contribution in [3.63, 3.8) is 0 Å². The van der Waals surface area contributed by atoms with E-state index in [4.69, 9.17) is 0 Å². The van der Waals surface area contributed by atoms with Crippen LogP contribution in [0.3, 0.4) is 0 Å². The quantitative estimate of drug-likeness (QED) is 0.819. The third kappa shape index (κ3) is 2.69. The predicted molar refractivity (Wildman–Crippen MR) is 75.7 cm³/mol. The molecule has 2 aromatic rings. The van der Waals surface area contributed by atoms with Crippen LogP contribution in [0.2, 0.25) is 0 Å². The molecule has 0 aromatic carbocycles. The zero-order valence-electron chi connectivity index (χ0n) is 11.4. The van der Waals surface area contributed by atoms with Gasteiger partial charge in [0.1, 0.15) is 6.33 Å². The Kier molecular flexibility index (Phi) is 3.47. The molecule has 2 N–H and O–H groups in total. The summed E-state index contributed by atoms with van der Waals surface area (Å²) >= 11 is 1.41. The van der Waals surface area contributed by atoms with Crippen molar-refractivity contribution < 1.29 is 4.79 Å². The molecule has 2 aromatic heterocycles. The third-order valence-corrected chi connectivity index (χ3v) is 4.16. The minimum atomic E-state index is -0.0621. The van der Waals surface area contributed by atoms with Crippen LogP contribution < -0.4 is 5.32 Å². The lowest BCUT2D eigenvalue weighted by atomic mass is 10.3. The van der Waals surface area contributed by atoms with Crippen molar-refractivity contribution in [1.82, 2.24) is 25.0 Å². The fourth-order valence-corrected chi connectivity index (χ4v) is 2.76. The lowest BCUT2D eigenvalue weighted by Crippen LogP contribution is -2.15. The highest BCUT2D eigenvalue weighted by Gasteiger charge is 2.26. The molecule has 1 fully saturated rings. The Bertz CT molecular complexity index is 610. The highest BCUT2D eigenvalue weighted by Crippen LogP contribution is 2.37. The van der Waals surface area contributed by atoms with Gasteiger partial charge in [-0.05, 0) is 26.7 Å². The second-order valence-electron chi connectivity index (χ2n) is 4.90. The van der Waals surface area contributed by atoms with Gasteiger partial charge in [0.15, 0.2) is 5.16 Å². The number of rotatable bonds is 5. The van der Waals surface area contributed by atoms with Gasteiger partial charge in [-0.15, -0.1) is 10.2 Å². The highest BCUT2D eigenvalue weighted by molar-refractivity contribution is 7.99. The predicted octanol–water partition coefficient (Wildman–Crippen LogP) is 1.68. The number of aromatic nitrogens is 5. The molecule has 3 rings (SSSR count). The first-order chi connectivity index (χ1) is 9.65. The van der Waals surface area contributed by atoms with E-state index in [1.807, 2.05) is 18.4 Å². The summed E-state index contributed by atoms with van der Waals surface area (Å²) in [5.41, 5.74) is 2.42. The first kappa shape index (κ1) is 13.2. The van der Waals surface area contributed by atoms with Crippen molar-refractivity contribution in [1.29, 1.82) is 0 Å². The van der Waals surface area contributed by atoms with Crippen LogP contribution in [0.4, 0.5) is 5.69 Å². The second kappa shape index (κ2) is 5.28. The number of nitrogens with zero attached hydrogens (tertiary/aromatic N) is 4. The van der Waals surface area contributed by atoms with E-state index >= 15 is 0 Å². The molecular formula is C12H16N6OS. The van der Waals surface area contributed by atoms with Crippen LogP contribution in [0.1, 0.15) is 30.3 Å². The lowest BCUT2D eigenvalue weighted by molar-refractivity contribution is -0.113. The van der Waals surface area contributed by atoms with Gasteiger partial charge in [-0.2, -0.15) is 5.10 Å². The third-order valence-electron chi connectivity index (χ3n) is 3.21. The van der Waals surface area contributed by atoms with E-state index < -0.39 is 0 Å². The maximum absolute atomic E-state index is 12.0. The number of hydrogen-bond donors (Lipinski definition) is 2. The zero-order chi connectivity index (χ0) is 14.1. The Hall–Kier alpha value is -1.83. The topological polar surface area (TPSA) is 88.5 Å². The number of aromatic amines is 1. The number of nitrogens with one attached hydrogen (secondary N) is 2. The van der Waals surface area contributed by atoms with E-state index in [0.29, 0.717) is 11.8 Å². The number of carbonyl (C=O) groups is 1. The minimum Gasteiger partial charge on any atom is -0.322 e. The van der Waals surface area contributed by atoms with Crippen molar-refractivity contribution in [2.75, 3.05) is 11.1 Å². The standard InChI is InChI=1S/C12H16N6OS/c1-7-11(8(2)16-15-7)14-10(19)5-20-12-17-13-6-18(12)9-3-4-9/h6,9H,3-5H2,1-2H3,(H,14,19)(H,15,16). The molecule has 1 saturated carbocycles. The Morgan fingerprint density at radius 3 is 3.00 bits per heavy atom. The average molecular weight is 292 g/mol. The molecule has 2 heterocycles. The van der Waals surface area contributed by atoms with Crippen LogP contribution in [-0.4, -0.2) is 36.6 Å². The van der Waals surface area contributed by atoms with Crippen molar-refractivity contribution in [2.45, 2.75) is 37.9 Å². The summed E-state index contributed by atoms with van der Waals surface area (Å²) in [5.74, 6) is 0.253. The SMILES string of the molecule is Cc1n[nH]c(C)c1NC(=O)CSc1nncn1C1CC1. The first-order valence-corrected chi connectivity index (χ1v) is 7.47. The van der Waals surface area contributed by atoms with Gasteiger partial charge in [0.05, 0.1) is 22.8 Å². The van der Waals surface area contributed by atoms with Gasteiger partial charge in [-0.3, -0.25) is 9.89 Å².